The number of amides is 1. The van der Waals surface area contributed by atoms with Crippen molar-refractivity contribution in [3.63, 3.8) is 0 Å². The van der Waals surface area contributed by atoms with Crippen LogP contribution in [0.2, 0.25) is 0 Å². The van der Waals surface area contributed by atoms with Crippen LogP contribution in [0.25, 0.3) is 0 Å². The Morgan fingerprint density at radius 2 is 2.24 bits per heavy atom. The minimum atomic E-state index is 0.146. The molecule has 5 nitrogen and oxygen atoms in total. The van der Waals surface area contributed by atoms with Crippen molar-refractivity contribution < 1.29 is 4.79 Å². The maximum absolute atomic E-state index is 11.4. The Hall–Kier alpha value is -1.36. The zero-order valence-corrected chi connectivity index (χ0v) is 11.3. The van der Waals surface area contributed by atoms with E-state index in [1.807, 2.05) is 24.9 Å². The van der Waals surface area contributed by atoms with Crippen LogP contribution in [-0.2, 0) is 11.8 Å². The summed E-state index contributed by atoms with van der Waals surface area (Å²) in [7, 11) is 5.47. The molecule has 0 bridgehead atoms. The standard InChI is InChI=1S/C12H22N4O/c1-9(11-8-16(5)14-10(11)2)13-7-6-12(17)15(3)4/h8-9,13H,6-7H2,1-5H3. The zero-order chi connectivity index (χ0) is 13.0. The van der Waals surface area contributed by atoms with Gasteiger partial charge in [-0.15, -0.1) is 0 Å². The average molecular weight is 238 g/mol. The van der Waals surface area contributed by atoms with Crippen molar-refractivity contribution in [3.8, 4) is 0 Å². The number of carbonyl (C=O) groups excluding carboxylic acids is 1. The van der Waals surface area contributed by atoms with Crippen LogP contribution in [0.4, 0.5) is 0 Å². The number of aryl methyl sites for hydroxylation is 2. The normalized spacial score (nSPS) is 12.5. The van der Waals surface area contributed by atoms with Crippen LogP contribution in [0.15, 0.2) is 6.20 Å². The van der Waals surface area contributed by atoms with Crippen molar-refractivity contribution in [2.45, 2.75) is 26.3 Å². The Bertz CT molecular complexity index is 384. The van der Waals surface area contributed by atoms with Crippen LogP contribution in [0.1, 0.15) is 30.6 Å². The van der Waals surface area contributed by atoms with Gasteiger partial charge < -0.3 is 10.2 Å². The molecule has 96 valence electrons. The minimum absolute atomic E-state index is 0.146. The third kappa shape index (κ3) is 3.85. The molecule has 1 heterocycles. The molecule has 1 unspecified atom stereocenters. The number of hydrogen-bond donors (Lipinski definition) is 1. The largest absolute Gasteiger partial charge is 0.349 e. The van der Waals surface area contributed by atoms with E-state index >= 15 is 0 Å². The number of carbonyl (C=O) groups is 1. The van der Waals surface area contributed by atoms with Gasteiger partial charge in [0.05, 0.1) is 5.69 Å². The quantitative estimate of drug-likeness (QED) is 0.827. The fraction of sp³-hybridized carbons (Fsp3) is 0.667. The number of nitrogens with zero attached hydrogens (tertiary/aromatic N) is 3. The van der Waals surface area contributed by atoms with Gasteiger partial charge in [0.2, 0.25) is 5.91 Å². The fourth-order valence-electron chi connectivity index (χ4n) is 1.77. The first-order valence-corrected chi connectivity index (χ1v) is 5.85. The summed E-state index contributed by atoms with van der Waals surface area (Å²) in [6, 6.07) is 0.221. The summed E-state index contributed by atoms with van der Waals surface area (Å²) in [6.45, 7) is 4.77. The van der Waals surface area contributed by atoms with Crippen LogP contribution < -0.4 is 5.32 Å². The molecular weight excluding hydrogens is 216 g/mol. The third-order valence-electron chi connectivity index (χ3n) is 2.81. The molecular formula is C12H22N4O. The van der Waals surface area contributed by atoms with Crippen molar-refractivity contribution in [2.24, 2.45) is 7.05 Å². The lowest BCUT2D eigenvalue weighted by Crippen LogP contribution is -2.28. The van der Waals surface area contributed by atoms with Gasteiger partial charge in [-0.3, -0.25) is 9.48 Å². The molecule has 0 fully saturated rings. The van der Waals surface area contributed by atoms with Gasteiger partial charge in [-0.25, -0.2) is 0 Å². The number of rotatable bonds is 5. The number of aromatic nitrogens is 2. The average Bonchev–Trinajstić information content (AvgIpc) is 2.57. The van der Waals surface area contributed by atoms with Crippen LogP contribution >= 0.6 is 0 Å². The van der Waals surface area contributed by atoms with Crippen molar-refractivity contribution >= 4 is 5.91 Å². The molecule has 17 heavy (non-hydrogen) atoms. The van der Waals surface area contributed by atoms with E-state index in [0.29, 0.717) is 13.0 Å². The molecule has 1 rings (SSSR count). The van der Waals surface area contributed by atoms with Gasteiger partial charge in [0.15, 0.2) is 0 Å². The molecule has 0 radical (unpaired) electrons. The van der Waals surface area contributed by atoms with Crippen molar-refractivity contribution in [1.82, 2.24) is 20.0 Å². The molecule has 1 aromatic heterocycles. The van der Waals surface area contributed by atoms with Gasteiger partial charge in [0.25, 0.3) is 0 Å². The lowest BCUT2D eigenvalue weighted by Gasteiger charge is -2.14. The molecule has 0 aliphatic rings. The summed E-state index contributed by atoms with van der Waals surface area (Å²) in [6.07, 6.45) is 2.54. The maximum Gasteiger partial charge on any atom is 0.223 e. The van der Waals surface area contributed by atoms with E-state index in [-0.39, 0.29) is 11.9 Å². The highest BCUT2D eigenvalue weighted by atomic mass is 16.2. The lowest BCUT2D eigenvalue weighted by atomic mass is 10.1. The summed E-state index contributed by atoms with van der Waals surface area (Å²) in [5.74, 6) is 0.146. The highest BCUT2D eigenvalue weighted by Gasteiger charge is 2.11. The Morgan fingerprint density at radius 3 is 2.71 bits per heavy atom. The minimum Gasteiger partial charge on any atom is -0.349 e. The van der Waals surface area contributed by atoms with Crippen LogP contribution in [0.3, 0.4) is 0 Å². The highest BCUT2D eigenvalue weighted by molar-refractivity contribution is 5.75. The fourth-order valence-corrected chi connectivity index (χ4v) is 1.77. The summed E-state index contributed by atoms with van der Waals surface area (Å²) in [5, 5.41) is 7.64. The predicted molar refractivity (Wildman–Crippen MR) is 67.7 cm³/mol. The molecule has 1 atom stereocenters. The van der Waals surface area contributed by atoms with Crippen molar-refractivity contribution in [2.75, 3.05) is 20.6 Å². The van der Waals surface area contributed by atoms with Gasteiger partial charge in [0.1, 0.15) is 0 Å². The van der Waals surface area contributed by atoms with E-state index in [2.05, 4.69) is 17.3 Å². The zero-order valence-electron chi connectivity index (χ0n) is 11.3. The molecule has 0 spiro atoms. The van der Waals surface area contributed by atoms with Gasteiger partial charge in [-0.1, -0.05) is 0 Å². The lowest BCUT2D eigenvalue weighted by molar-refractivity contribution is -0.128. The maximum atomic E-state index is 11.4. The van der Waals surface area contributed by atoms with E-state index in [0.717, 1.165) is 5.69 Å². The third-order valence-corrected chi connectivity index (χ3v) is 2.81. The second-order valence-corrected chi connectivity index (χ2v) is 4.56. The van der Waals surface area contributed by atoms with E-state index < -0.39 is 0 Å². The molecule has 0 saturated carbocycles. The molecule has 0 saturated heterocycles. The van der Waals surface area contributed by atoms with Gasteiger partial charge in [-0.05, 0) is 13.8 Å². The van der Waals surface area contributed by atoms with Crippen LogP contribution in [-0.4, -0.2) is 41.2 Å². The van der Waals surface area contributed by atoms with Crippen LogP contribution in [0.5, 0.6) is 0 Å². The SMILES string of the molecule is Cc1nn(C)cc1C(C)NCCC(=O)N(C)C. The van der Waals surface area contributed by atoms with Gasteiger partial charge in [-0.2, -0.15) is 5.10 Å². The second-order valence-electron chi connectivity index (χ2n) is 4.56. The first-order chi connectivity index (χ1) is 7.91. The molecule has 1 N–H and O–H groups in total. The van der Waals surface area contributed by atoms with Crippen molar-refractivity contribution in [1.29, 1.82) is 0 Å². The number of hydrogen-bond acceptors (Lipinski definition) is 3. The molecule has 0 aromatic carbocycles. The first-order valence-electron chi connectivity index (χ1n) is 5.85. The Morgan fingerprint density at radius 1 is 1.59 bits per heavy atom. The Labute approximate surface area is 103 Å². The molecule has 1 aromatic rings. The summed E-state index contributed by atoms with van der Waals surface area (Å²) in [5.41, 5.74) is 2.22. The molecule has 0 aliphatic carbocycles. The molecule has 1 amide bonds. The van der Waals surface area contributed by atoms with Gasteiger partial charge >= 0.3 is 0 Å². The number of nitrogens with one attached hydrogen (secondary N) is 1. The molecule has 5 heteroatoms. The van der Waals surface area contributed by atoms with Crippen molar-refractivity contribution in [3.05, 3.63) is 17.5 Å². The van der Waals surface area contributed by atoms with Crippen LogP contribution in [0, 0.1) is 6.92 Å². The van der Waals surface area contributed by atoms with E-state index in [4.69, 9.17) is 0 Å². The Kier molecular flexibility index (Phi) is 4.69. The second kappa shape index (κ2) is 5.82. The molecule has 0 aliphatic heterocycles. The van der Waals surface area contributed by atoms with E-state index in [1.54, 1.807) is 19.0 Å². The Balaban J connectivity index is 2.42. The summed E-state index contributed by atoms with van der Waals surface area (Å²) >= 11 is 0. The topological polar surface area (TPSA) is 50.2 Å². The van der Waals surface area contributed by atoms with Gasteiger partial charge in [0, 0.05) is 51.9 Å². The van der Waals surface area contributed by atoms with E-state index in [9.17, 15) is 4.79 Å². The van der Waals surface area contributed by atoms with E-state index in [1.165, 1.54) is 5.56 Å². The first kappa shape index (κ1) is 13.7. The summed E-state index contributed by atoms with van der Waals surface area (Å²) < 4.78 is 1.81. The monoisotopic (exact) mass is 238 g/mol. The highest BCUT2D eigenvalue weighted by Crippen LogP contribution is 2.15. The smallest absolute Gasteiger partial charge is 0.223 e. The predicted octanol–water partition coefficient (Wildman–Crippen LogP) is 0.857. The summed E-state index contributed by atoms with van der Waals surface area (Å²) in [4.78, 5) is 13.0.